The van der Waals surface area contributed by atoms with E-state index in [0.717, 1.165) is 0 Å². The van der Waals surface area contributed by atoms with Crippen molar-refractivity contribution in [2.45, 2.75) is 33.2 Å². The Kier molecular flexibility index (Phi) is 2.17. The van der Waals surface area contributed by atoms with Gasteiger partial charge in [-0.25, -0.2) is 0 Å². The minimum atomic E-state index is -0.750. The monoisotopic (exact) mass is 171 g/mol. The van der Waals surface area contributed by atoms with Gasteiger partial charge in [0.15, 0.2) is 0 Å². The predicted molar refractivity (Wildman–Crippen MR) is 46.7 cm³/mol. The van der Waals surface area contributed by atoms with E-state index in [1.54, 1.807) is 0 Å². The lowest BCUT2D eigenvalue weighted by Gasteiger charge is -2.24. The molecule has 1 aliphatic rings. The molecule has 0 aromatic rings. The standard InChI is InChI=1S/C9H17NO2/c1-5-7(10)6(8(11)12)4-9(5,2)3/h5-7H,4,10H2,1-3H3,(H,11,12)/t5-,6?,7+/m1/s1. The molecule has 0 aliphatic heterocycles. The predicted octanol–water partition coefficient (Wildman–Crippen LogP) is 1.08. The highest BCUT2D eigenvalue weighted by Crippen LogP contribution is 2.44. The molecule has 0 heterocycles. The Morgan fingerprint density at radius 1 is 1.58 bits per heavy atom. The zero-order chi connectivity index (χ0) is 9.52. The van der Waals surface area contributed by atoms with Crippen LogP contribution in [0.25, 0.3) is 0 Å². The van der Waals surface area contributed by atoms with Crippen LogP contribution in [0.2, 0.25) is 0 Å². The van der Waals surface area contributed by atoms with E-state index in [-0.39, 0.29) is 17.4 Å². The Morgan fingerprint density at radius 3 is 2.25 bits per heavy atom. The summed E-state index contributed by atoms with van der Waals surface area (Å²) in [5, 5.41) is 8.85. The zero-order valence-corrected chi connectivity index (χ0v) is 7.87. The van der Waals surface area contributed by atoms with Crippen molar-refractivity contribution in [3.63, 3.8) is 0 Å². The van der Waals surface area contributed by atoms with Gasteiger partial charge in [0.25, 0.3) is 0 Å². The van der Waals surface area contributed by atoms with Gasteiger partial charge in [0.05, 0.1) is 5.92 Å². The number of carboxylic acids is 1. The third-order valence-electron chi connectivity index (χ3n) is 3.34. The van der Waals surface area contributed by atoms with Crippen molar-refractivity contribution < 1.29 is 9.90 Å². The first-order valence-electron chi connectivity index (χ1n) is 4.34. The highest BCUT2D eigenvalue weighted by Gasteiger charge is 2.46. The van der Waals surface area contributed by atoms with E-state index in [2.05, 4.69) is 13.8 Å². The van der Waals surface area contributed by atoms with E-state index in [4.69, 9.17) is 10.8 Å². The minimum Gasteiger partial charge on any atom is -0.481 e. The van der Waals surface area contributed by atoms with E-state index in [9.17, 15) is 4.79 Å². The van der Waals surface area contributed by atoms with Gasteiger partial charge >= 0.3 is 5.97 Å². The van der Waals surface area contributed by atoms with Crippen LogP contribution in [0, 0.1) is 17.3 Å². The third-order valence-corrected chi connectivity index (χ3v) is 3.34. The van der Waals surface area contributed by atoms with Crippen molar-refractivity contribution in [3.05, 3.63) is 0 Å². The Morgan fingerprint density at radius 2 is 2.08 bits per heavy atom. The average molecular weight is 171 g/mol. The van der Waals surface area contributed by atoms with Gasteiger partial charge in [0.2, 0.25) is 0 Å². The molecule has 0 radical (unpaired) electrons. The highest BCUT2D eigenvalue weighted by atomic mass is 16.4. The van der Waals surface area contributed by atoms with Crippen LogP contribution in [0.1, 0.15) is 27.2 Å². The van der Waals surface area contributed by atoms with Gasteiger partial charge in [-0.1, -0.05) is 20.8 Å². The normalized spacial score (nSPS) is 39.8. The van der Waals surface area contributed by atoms with E-state index >= 15 is 0 Å². The number of carboxylic acid groups (broad SMARTS) is 1. The number of nitrogens with two attached hydrogens (primary N) is 1. The van der Waals surface area contributed by atoms with E-state index < -0.39 is 5.97 Å². The molecule has 1 unspecified atom stereocenters. The molecular weight excluding hydrogens is 154 g/mol. The maximum Gasteiger partial charge on any atom is 0.308 e. The first-order chi connectivity index (χ1) is 5.36. The molecule has 0 bridgehead atoms. The molecule has 3 atom stereocenters. The second-order valence-electron chi connectivity index (χ2n) is 4.50. The van der Waals surface area contributed by atoms with Gasteiger partial charge < -0.3 is 10.8 Å². The van der Waals surface area contributed by atoms with Gasteiger partial charge in [-0.05, 0) is 17.8 Å². The van der Waals surface area contributed by atoms with Crippen LogP contribution in [-0.4, -0.2) is 17.1 Å². The van der Waals surface area contributed by atoms with E-state index in [1.807, 2.05) is 6.92 Å². The van der Waals surface area contributed by atoms with Crippen molar-refractivity contribution >= 4 is 5.97 Å². The minimum absolute atomic E-state index is 0.0719. The second kappa shape index (κ2) is 2.73. The van der Waals surface area contributed by atoms with Gasteiger partial charge in [0.1, 0.15) is 0 Å². The van der Waals surface area contributed by atoms with Crippen LogP contribution in [0.4, 0.5) is 0 Å². The van der Waals surface area contributed by atoms with E-state index in [0.29, 0.717) is 12.3 Å². The fourth-order valence-corrected chi connectivity index (χ4v) is 2.01. The Hall–Kier alpha value is -0.570. The molecule has 3 heteroatoms. The Labute approximate surface area is 72.9 Å². The second-order valence-corrected chi connectivity index (χ2v) is 4.50. The van der Waals surface area contributed by atoms with Crippen molar-refractivity contribution in [1.29, 1.82) is 0 Å². The fourth-order valence-electron chi connectivity index (χ4n) is 2.01. The lowest BCUT2D eigenvalue weighted by Crippen LogP contribution is -2.35. The van der Waals surface area contributed by atoms with Crippen LogP contribution in [0.5, 0.6) is 0 Å². The smallest absolute Gasteiger partial charge is 0.308 e. The quantitative estimate of drug-likeness (QED) is 0.620. The van der Waals surface area contributed by atoms with Crippen molar-refractivity contribution in [3.8, 4) is 0 Å². The summed E-state index contributed by atoms with van der Waals surface area (Å²) in [4.78, 5) is 10.8. The summed E-state index contributed by atoms with van der Waals surface area (Å²) in [6.07, 6.45) is 0.699. The Bertz CT molecular complexity index is 201. The summed E-state index contributed by atoms with van der Waals surface area (Å²) in [6, 6.07) is -0.183. The molecule has 0 saturated heterocycles. The molecule has 1 saturated carbocycles. The topological polar surface area (TPSA) is 63.3 Å². The number of hydrogen-bond acceptors (Lipinski definition) is 2. The van der Waals surface area contributed by atoms with Crippen LogP contribution in [0.3, 0.4) is 0 Å². The van der Waals surface area contributed by atoms with Gasteiger partial charge in [-0.3, -0.25) is 4.79 Å². The average Bonchev–Trinajstić information content (AvgIpc) is 2.14. The maximum absolute atomic E-state index is 10.8. The molecule has 1 aliphatic carbocycles. The summed E-state index contributed by atoms with van der Waals surface area (Å²) >= 11 is 0. The maximum atomic E-state index is 10.8. The fraction of sp³-hybridized carbons (Fsp3) is 0.889. The summed E-state index contributed by atoms with van der Waals surface area (Å²) < 4.78 is 0. The molecule has 12 heavy (non-hydrogen) atoms. The molecular formula is C9H17NO2. The molecule has 1 fully saturated rings. The number of carbonyl (C=O) groups is 1. The van der Waals surface area contributed by atoms with Gasteiger partial charge in [0, 0.05) is 6.04 Å². The highest BCUT2D eigenvalue weighted by molar-refractivity contribution is 5.71. The lowest BCUT2D eigenvalue weighted by atomic mass is 9.82. The first-order valence-corrected chi connectivity index (χ1v) is 4.34. The van der Waals surface area contributed by atoms with Crippen molar-refractivity contribution in [1.82, 2.24) is 0 Å². The molecule has 3 nitrogen and oxygen atoms in total. The summed E-state index contributed by atoms with van der Waals surface area (Å²) in [5.41, 5.74) is 5.89. The number of aliphatic carboxylic acids is 1. The third kappa shape index (κ3) is 1.33. The van der Waals surface area contributed by atoms with Crippen molar-refractivity contribution in [2.75, 3.05) is 0 Å². The van der Waals surface area contributed by atoms with Crippen LogP contribution in [-0.2, 0) is 4.79 Å². The largest absolute Gasteiger partial charge is 0.481 e. The molecule has 0 aromatic carbocycles. The molecule has 0 aromatic heterocycles. The summed E-state index contributed by atoms with van der Waals surface area (Å²) in [7, 11) is 0. The number of hydrogen-bond donors (Lipinski definition) is 2. The number of rotatable bonds is 1. The Balaban J connectivity index is 2.81. The summed E-state index contributed by atoms with van der Waals surface area (Å²) in [6.45, 7) is 6.20. The van der Waals surface area contributed by atoms with Crippen molar-refractivity contribution in [2.24, 2.45) is 23.0 Å². The van der Waals surface area contributed by atoms with Gasteiger partial charge in [-0.15, -0.1) is 0 Å². The first kappa shape index (κ1) is 9.52. The molecule has 1 rings (SSSR count). The zero-order valence-electron chi connectivity index (χ0n) is 7.87. The van der Waals surface area contributed by atoms with Crippen LogP contribution < -0.4 is 5.73 Å². The van der Waals surface area contributed by atoms with Gasteiger partial charge in [-0.2, -0.15) is 0 Å². The lowest BCUT2D eigenvalue weighted by molar-refractivity contribution is -0.142. The van der Waals surface area contributed by atoms with E-state index in [1.165, 1.54) is 0 Å². The summed E-state index contributed by atoms with van der Waals surface area (Å²) in [5.74, 6) is -0.812. The molecule has 70 valence electrons. The molecule has 0 amide bonds. The molecule has 3 N–H and O–H groups in total. The molecule has 0 spiro atoms. The SMILES string of the molecule is C[C@@H]1[C@H](N)C(C(=O)O)CC1(C)C. The van der Waals surface area contributed by atoms with Crippen LogP contribution in [0.15, 0.2) is 0 Å². The van der Waals surface area contributed by atoms with Crippen LogP contribution >= 0.6 is 0 Å².